The second kappa shape index (κ2) is 11.1. The monoisotopic (exact) mass is 427 g/mol. The van der Waals surface area contributed by atoms with Gasteiger partial charge in [0.15, 0.2) is 17.7 Å². The van der Waals surface area contributed by atoms with Gasteiger partial charge in [-0.25, -0.2) is 0 Å². The van der Waals surface area contributed by atoms with Gasteiger partial charge in [-0.05, 0) is 49.9 Å². The summed E-state index contributed by atoms with van der Waals surface area (Å²) in [4.78, 5) is 15.0. The predicted octanol–water partition coefficient (Wildman–Crippen LogP) is 2.70. The number of anilines is 1. The molecule has 7 heteroatoms. The topological polar surface area (TPSA) is 83.1 Å². The number of hydrogen-bond acceptors (Lipinski definition) is 6. The highest BCUT2D eigenvalue weighted by atomic mass is 16.5. The van der Waals surface area contributed by atoms with Crippen molar-refractivity contribution in [3.63, 3.8) is 0 Å². The number of hydrogen-bond donors (Lipinski definition) is 3. The van der Waals surface area contributed by atoms with Gasteiger partial charge in [-0.15, -0.1) is 0 Å². The molecule has 0 saturated carbocycles. The van der Waals surface area contributed by atoms with Crippen LogP contribution in [0.5, 0.6) is 11.5 Å². The number of nitrogens with one attached hydrogen (secondary N) is 2. The molecule has 2 aromatic carbocycles. The summed E-state index contributed by atoms with van der Waals surface area (Å²) in [5.74, 6) is 1.20. The first-order valence-corrected chi connectivity index (χ1v) is 10.8. The number of nitrogens with zero attached hydrogens (tertiary/aromatic N) is 1. The first-order chi connectivity index (χ1) is 15.0. The summed E-state index contributed by atoms with van der Waals surface area (Å²) >= 11 is 0. The number of aryl methyl sites for hydroxylation is 2. The molecule has 7 nitrogen and oxygen atoms in total. The Kier molecular flexibility index (Phi) is 8.28. The average molecular weight is 428 g/mol. The van der Waals surface area contributed by atoms with Crippen molar-refractivity contribution in [2.75, 3.05) is 38.7 Å². The van der Waals surface area contributed by atoms with Crippen LogP contribution in [0.2, 0.25) is 0 Å². The van der Waals surface area contributed by atoms with Crippen molar-refractivity contribution >= 4 is 11.6 Å². The summed E-state index contributed by atoms with van der Waals surface area (Å²) in [6.07, 6.45) is 1.04. The molecule has 2 unspecified atom stereocenters. The number of ether oxygens (including phenoxy) is 2. The maximum atomic E-state index is 12.9. The lowest BCUT2D eigenvalue weighted by atomic mass is 10.1. The zero-order valence-electron chi connectivity index (χ0n) is 18.6. The number of para-hydroxylation sites is 3. The lowest BCUT2D eigenvalue weighted by molar-refractivity contribution is -0.121. The van der Waals surface area contributed by atoms with Crippen molar-refractivity contribution in [3.05, 3.63) is 53.6 Å². The zero-order chi connectivity index (χ0) is 22.2. The van der Waals surface area contributed by atoms with Crippen molar-refractivity contribution in [1.82, 2.24) is 10.2 Å². The van der Waals surface area contributed by atoms with E-state index < -0.39 is 0 Å². The van der Waals surface area contributed by atoms with Gasteiger partial charge in [-0.3, -0.25) is 9.69 Å². The number of aliphatic hydroxyl groups is 1. The minimum atomic E-state index is -0.361. The fourth-order valence-corrected chi connectivity index (χ4v) is 3.98. The summed E-state index contributed by atoms with van der Waals surface area (Å²) in [6, 6.07) is 13.5. The van der Waals surface area contributed by atoms with Crippen LogP contribution in [-0.2, 0) is 4.79 Å². The van der Waals surface area contributed by atoms with E-state index in [2.05, 4.69) is 10.6 Å². The standard InChI is InChI=1S/C24H33N3O4/c1-17-8-6-9-18(2)23(17)26-22(29)16-27-14-13-25-19(10-7-15-28)24(27)31-21-12-5-4-11-20(21)30-3/h4-6,8-9,11-12,19,24-25,28H,7,10,13-16H2,1-3H3,(H,26,29). The Morgan fingerprint density at radius 2 is 1.87 bits per heavy atom. The number of carbonyl (C=O) groups excluding carboxylic acids is 1. The van der Waals surface area contributed by atoms with Crippen LogP contribution in [0.15, 0.2) is 42.5 Å². The lowest BCUT2D eigenvalue weighted by Gasteiger charge is -2.41. The molecule has 0 spiro atoms. The number of rotatable bonds is 9. The highest BCUT2D eigenvalue weighted by molar-refractivity contribution is 5.93. The molecular weight excluding hydrogens is 394 g/mol. The molecule has 0 radical (unpaired) electrons. The molecule has 2 aromatic rings. The van der Waals surface area contributed by atoms with E-state index in [4.69, 9.17) is 9.47 Å². The molecule has 1 aliphatic heterocycles. The summed E-state index contributed by atoms with van der Waals surface area (Å²) in [5.41, 5.74) is 2.94. The first kappa shape index (κ1) is 23.1. The van der Waals surface area contributed by atoms with Gasteiger partial charge in [-0.1, -0.05) is 30.3 Å². The lowest BCUT2D eigenvalue weighted by Crippen LogP contribution is -2.61. The first-order valence-electron chi connectivity index (χ1n) is 10.8. The largest absolute Gasteiger partial charge is 0.493 e. The molecule has 3 rings (SSSR count). The number of piperazine rings is 1. The molecule has 1 aliphatic rings. The Morgan fingerprint density at radius 1 is 1.16 bits per heavy atom. The minimum absolute atomic E-state index is 0.0150. The summed E-state index contributed by atoms with van der Waals surface area (Å²) in [6.45, 7) is 5.74. The van der Waals surface area contributed by atoms with Crippen LogP contribution in [0.1, 0.15) is 24.0 Å². The van der Waals surface area contributed by atoms with Crippen molar-refractivity contribution in [3.8, 4) is 11.5 Å². The number of carbonyl (C=O) groups is 1. The van der Waals surface area contributed by atoms with Crippen LogP contribution < -0.4 is 20.1 Å². The quantitative estimate of drug-likeness (QED) is 0.571. The van der Waals surface area contributed by atoms with Gasteiger partial charge in [0.25, 0.3) is 0 Å². The van der Waals surface area contributed by atoms with Crippen molar-refractivity contribution < 1.29 is 19.4 Å². The van der Waals surface area contributed by atoms with Gasteiger partial charge in [0.05, 0.1) is 19.7 Å². The molecule has 0 bridgehead atoms. The number of aliphatic hydroxyl groups excluding tert-OH is 1. The van der Waals surface area contributed by atoms with E-state index in [0.717, 1.165) is 29.8 Å². The number of amides is 1. The van der Waals surface area contributed by atoms with Gasteiger partial charge >= 0.3 is 0 Å². The Bertz CT molecular complexity index is 853. The zero-order valence-corrected chi connectivity index (χ0v) is 18.6. The normalized spacial score (nSPS) is 19.1. The predicted molar refractivity (Wildman–Crippen MR) is 122 cm³/mol. The number of benzene rings is 2. The Labute approximate surface area is 184 Å². The molecule has 31 heavy (non-hydrogen) atoms. The SMILES string of the molecule is COc1ccccc1OC1C(CCCO)NCCN1CC(=O)Nc1c(C)cccc1C. The van der Waals surface area contributed by atoms with Crippen molar-refractivity contribution in [2.24, 2.45) is 0 Å². The van der Waals surface area contributed by atoms with E-state index in [-0.39, 0.29) is 31.3 Å². The van der Waals surface area contributed by atoms with Crippen LogP contribution in [-0.4, -0.2) is 61.5 Å². The molecule has 3 N–H and O–H groups in total. The second-order valence-electron chi connectivity index (χ2n) is 7.87. The molecule has 168 valence electrons. The van der Waals surface area contributed by atoms with E-state index in [1.165, 1.54) is 0 Å². The van der Waals surface area contributed by atoms with E-state index in [0.29, 0.717) is 24.5 Å². The van der Waals surface area contributed by atoms with Crippen molar-refractivity contribution in [1.29, 1.82) is 0 Å². The molecule has 1 heterocycles. The summed E-state index contributed by atoms with van der Waals surface area (Å²) in [5, 5.41) is 15.9. The van der Waals surface area contributed by atoms with E-state index in [1.807, 2.05) is 61.2 Å². The molecule has 1 fully saturated rings. The molecular formula is C24H33N3O4. The van der Waals surface area contributed by atoms with Gasteiger partial charge in [0, 0.05) is 25.4 Å². The van der Waals surface area contributed by atoms with Gasteiger partial charge in [0.1, 0.15) is 0 Å². The third-order valence-corrected chi connectivity index (χ3v) is 5.59. The van der Waals surface area contributed by atoms with E-state index >= 15 is 0 Å². The van der Waals surface area contributed by atoms with Crippen LogP contribution in [0.4, 0.5) is 5.69 Å². The van der Waals surface area contributed by atoms with E-state index in [9.17, 15) is 9.90 Å². The molecule has 2 atom stereocenters. The maximum absolute atomic E-state index is 12.9. The third kappa shape index (κ3) is 5.97. The van der Waals surface area contributed by atoms with Crippen LogP contribution in [0.25, 0.3) is 0 Å². The van der Waals surface area contributed by atoms with Crippen LogP contribution in [0.3, 0.4) is 0 Å². The molecule has 1 saturated heterocycles. The highest BCUT2D eigenvalue weighted by Gasteiger charge is 2.34. The molecule has 1 amide bonds. The van der Waals surface area contributed by atoms with Crippen LogP contribution in [0, 0.1) is 13.8 Å². The third-order valence-electron chi connectivity index (χ3n) is 5.59. The fraction of sp³-hybridized carbons (Fsp3) is 0.458. The molecule has 0 aromatic heterocycles. The minimum Gasteiger partial charge on any atom is -0.493 e. The Balaban J connectivity index is 1.77. The van der Waals surface area contributed by atoms with E-state index in [1.54, 1.807) is 7.11 Å². The highest BCUT2D eigenvalue weighted by Crippen LogP contribution is 2.29. The summed E-state index contributed by atoms with van der Waals surface area (Å²) < 4.78 is 11.8. The van der Waals surface area contributed by atoms with Gasteiger partial charge in [0.2, 0.25) is 5.91 Å². The fourth-order valence-electron chi connectivity index (χ4n) is 3.98. The number of methoxy groups -OCH3 is 1. The smallest absolute Gasteiger partial charge is 0.238 e. The van der Waals surface area contributed by atoms with Gasteiger partial charge < -0.3 is 25.2 Å². The maximum Gasteiger partial charge on any atom is 0.238 e. The average Bonchev–Trinajstić information content (AvgIpc) is 2.77. The van der Waals surface area contributed by atoms with Gasteiger partial charge in [-0.2, -0.15) is 0 Å². The van der Waals surface area contributed by atoms with Crippen molar-refractivity contribution in [2.45, 2.75) is 39.0 Å². The molecule has 0 aliphatic carbocycles. The summed E-state index contributed by atoms with van der Waals surface area (Å²) in [7, 11) is 1.61. The Morgan fingerprint density at radius 3 is 2.55 bits per heavy atom. The van der Waals surface area contributed by atoms with Crippen LogP contribution >= 0.6 is 0 Å². The second-order valence-corrected chi connectivity index (χ2v) is 7.87. The Hall–Kier alpha value is -2.61.